The van der Waals surface area contributed by atoms with Crippen molar-refractivity contribution >= 4 is 46.6 Å². The highest BCUT2D eigenvalue weighted by Crippen LogP contribution is 2.29. The predicted molar refractivity (Wildman–Crippen MR) is 98.4 cm³/mol. The zero-order valence-corrected chi connectivity index (χ0v) is 14.7. The number of halogens is 2. The number of nitro benzene ring substituents is 1. The lowest BCUT2D eigenvalue weighted by Gasteiger charge is -2.07. The molecule has 0 fully saturated rings. The third kappa shape index (κ3) is 5.20. The molecule has 0 unspecified atom stereocenters. The summed E-state index contributed by atoms with van der Waals surface area (Å²) in [5, 5.41) is 14.4. The monoisotopic (exact) mass is 380 g/mol. The summed E-state index contributed by atoms with van der Waals surface area (Å²) in [6, 6.07) is 9.15. The first-order valence-electron chi connectivity index (χ1n) is 7.26. The molecule has 0 aliphatic carbocycles. The lowest BCUT2D eigenvalue weighted by Crippen LogP contribution is -2.09. The molecule has 0 atom stereocenters. The number of hydrogen-bond donors (Lipinski definition) is 1. The highest BCUT2D eigenvalue weighted by atomic mass is 35.5. The minimum absolute atomic E-state index is 0.0808. The molecule has 2 rings (SSSR count). The van der Waals surface area contributed by atoms with Gasteiger partial charge in [0.25, 0.3) is 5.69 Å². The van der Waals surface area contributed by atoms with E-state index in [1.165, 1.54) is 24.3 Å². The largest absolute Gasteiger partial charge is 0.494 e. The molecular formula is C17H14Cl2N2O4. The zero-order chi connectivity index (χ0) is 18.4. The lowest BCUT2D eigenvalue weighted by atomic mass is 10.2. The molecule has 0 saturated carbocycles. The van der Waals surface area contributed by atoms with Crippen LogP contribution in [0.1, 0.15) is 12.5 Å². The molecule has 0 bridgehead atoms. The number of ether oxygens (including phenoxy) is 1. The van der Waals surface area contributed by atoms with Crippen LogP contribution in [0.15, 0.2) is 42.5 Å². The van der Waals surface area contributed by atoms with Gasteiger partial charge in [0.15, 0.2) is 0 Å². The number of rotatable bonds is 6. The first kappa shape index (κ1) is 18.8. The molecule has 0 radical (unpaired) electrons. The van der Waals surface area contributed by atoms with E-state index in [2.05, 4.69) is 5.32 Å². The molecule has 8 heteroatoms. The fourth-order valence-electron chi connectivity index (χ4n) is 1.99. The number of anilines is 1. The molecule has 0 aliphatic heterocycles. The van der Waals surface area contributed by atoms with Gasteiger partial charge in [-0.2, -0.15) is 0 Å². The molecule has 130 valence electrons. The van der Waals surface area contributed by atoms with Gasteiger partial charge in [0.1, 0.15) is 11.4 Å². The molecule has 6 nitrogen and oxygen atoms in total. The standard InChI is InChI=1S/C17H14Cl2N2O4/c1-2-25-12-5-7-15(16(10-12)21(23)24)20-17(22)8-4-11-3-6-13(18)14(19)9-11/h3-10H,2H2,1H3,(H,20,22). The molecule has 2 aromatic rings. The van der Waals surface area contributed by atoms with E-state index in [0.29, 0.717) is 28.0 Å². The summed E-state index contributed by atoms with van der Waals surface area (Å²) in [4.78, 5) is 22.6. The summed E-state index contributed by atoms with van der Waals surface area (Å²) >= 11 is 11.7. The van der Waals surface area contributed by atoms with Crippen LogP contribution in [0.25, 0.3) is 6.08 Å². The zero-order valence-electron chi connectivity index (χ0n) is 13.2. The maximum atomic E-state index is 12.0. The Bertz CT molecular complexity index is 837. The second-order valence-corrected chi connectivity index (χ2v) is 5.68. The SMILES string of the molecule is CCOc1ccc(NC(=O)C=Cc2ccc(Cl)c(Cl)c2)c([N+](=O)[O-])c1. The maximum Gasteiger partial charge on any atom is 0.296 e. The van der Waals surface area contributed by atoms with Gasteiger partial charge in [0.2, 0.25) is 5.91 Å². The minimum Gasteiger partial charge on any atom is -0.494 e. The normalized spacial score (nSPS) is 10.7. The van der Waals surface area contributed by atoms with E-state index >= 15 is 0 Å². The molecule has 0 spiro atoms. The van der Waals surface area contributed by atoms with Crippen molar-refractivity contribution < 1.29 is 14.5 Å². The Hall–Kier alpha value is -2.57. The van der Waals surface area contributed by atoms with Crippen molar-refractivity contribution in [3.05, 3.63) is 68.2 Å². The Labute approximate surface area is 154 Å². The molecule has 1 amide bonds. The van der Waals surface area contributed by atoms with Gasteiger partial charge in [-0.05, 0) is 42.8 Å². The highest BCUT2D eigenvalue weighted by molar-refractivity contribution is 6.42. The van der Waals surface area contributed by atoms with Crippen LogP contribution in [0.4, 0.5) is 11.4 Å². The van der Waals surface area contributed by atoms with Gasteiger partial charge < -0.3 is 10.1 Å². The number of carbonyl (C=O) groups excluding carboxylic acids is 1. The van der Waals surface area contributed by atoms with Gasteiger partial charge in [-0.25, -0.2) is 0 Å². The van der Waals surface area contributed by atoms with Crippen LogP contribution in [0, 0.1) is 10.1 Å². The number of benzene rings is 2. The first-order valence-corrected chi connectivity index (χ1v) is 8.01. The number of nitrogens with one attached hydrogen (secondary N) is 1. The highest BCUT2D eigenvalue weighted by Gasteiger charge is 2.16. The smallest absolute Gasteiger partial charge is 0.296 e. The van der Waals surface area contributed by atoms with Gasteiger partial charge in [0, 0.05) is 6.08 Å². The van der Waals surface area contributed by atoms with E-state index in [1.807, 2.05) is 0 Å². The molecule has 2 aromatic carbocycles. The van der Waals surface area contributed by atoms with Crippen LogP contribution < -0.4 is 10.1 Å². The van der Waals surface area contributed by atoms with Crippen molar-refractivity contribution in [3.8, 4) is 5.75 Å². The fourth-order valence-corrected chi connectivity index (χ4v) is 2.29. The van der Waals surface area contributed by atoms with Crippen molar-refractivity contribution in [1.82, 2.24) is 0 Å². The molecule has 0 aromatic heterocycles. The Morgan fingerprint density at radius 2 is 2.00 bits per heavy atom. The second-order valence-electron chi connectivity index (χ2n) is 4.87. The Kier molecular flexibility index (Phi) is 6.38. The van der Waals surface area contributed by atoms with Crippen LogP contribution >= 0.6 is 23.2 Å². The molecular weight excluding hydrogens is 367 g/mol. The van der Waals surface area contributed by atoms with E-state index < -0.39 is 10.8 Å². The Balaban J connectivity index is 2.15. The summed E-state index contributed by atoms with van der Waals surface area (Å²) in [6.45, 7) is 2.16. The molecule has 0 saturated heterocycles. The number of nitro groups is 1. The van der Waals surface area contributed by atoms with Crippen LogP contribution in [-0.4, -0.2) is 17.4 Å². The molecule has 25 heavy (non-hydrogen) atoms. The molecule has 1 N–H and O–H groups in total. The van der Waals surface area contributed by atoms with Crippen molar-refractivity contribution in [2.45, 2.75) is 6.92 Å². The van der Waals surface area contributed by atoms with Gasteiger partial charge in [-0.15, -0.1) is 0 Å². The molecule has 0 aliphatic rings. The third-order valence-electron chi connectivity index (χ3n) is 3.11. The van der Waals surface area contributed by atoms with Crippen LogP contribution in [0.3, 0.4) is 0 Å². The van der Waals surface area contributed by atoms with Crippen molar-refractivity contribution in [1.29, 1.82) is 0 Å². The average Bonchev–Trinajstić information content (AvgIpc) is 2.57. The maximum absolute atomic E-state index is 12.0. The van der Waals surface area contributed by atoms with Crippen molar-refractivity contribution in [2.75, 3.05) is 11.9 Å². The average molecular weight is 381 g/mol. The minimum atomic E-state index is -0.583. The second kappa shape index (κ2) is 8.50. The van der Waals surface area contributed by atoms with E-state index in [9.17, 15) is 14.9 Å². The topological polar surface area (TPSA) is 81.5 Å². The van der Waals surface area contributed by atoms with Gasteiger partial charge in [-0.1, -0.05) is 29.3 Å². The summed E-state index contributed by atoms with van der Waals surface area (Å²) in [6.07, 6.45) is 2.78. The van der Waals surface area contributed by atoms with Gasteiger partial charge in [0.05, 0.1) is 27.6 Å². The predicted octanol–water partition coefficient (Wildman–Crippen LogP) is 4.95. The van der Waals surface area contributed by atoms with E-state index in [1.54, 1.807) is 31.2 Å². The third-order valence-corrected chi connectivity index (χ3v) is 3.84. The fraction of sp³-hybridized carbons (Fsp3) is 0.118. The van der Waals surface area contributed by atoms with Crippen LogP contribution in [-0.2, 0) is 4.79 Å². The number of carbonyl (C=O) groups is 1. The molecule has 0 heterocycles. The summed E-state index contributed by atoms with van der Waals surface area (Å²) in [5.74, 6) is -0.156. The number of amides is 1. The van der Waals surface area contributed by atoms with Crippen LogP contribution in [0.5, 0.6) is 5.75 Å². The Morgan fingerprint density at radius 1 is 1.24 bits per heavy atom. The van der Waals surface area contributed by atoms with Crippen LogP contribution in [0.2, 0.25) is 10.0 Å². The van der Waals surface area contributed by atoms with Crippen molar-refractivity contribution in [2.24, 2.45) is 0 Å². The summed E-state index contributed by atoms with van der Waals surface area (Å²) < 4.78 is 5.23. The van der Waals surface area contributed by atoms with E-state index in [4.69, 9.17) is 27.9 Å². The van der Waals surface area contributed by atoms with Crippen molar-refractivity contribution in [3.63, 3.8) is 0 Å². The van der Waals surface area contributed by atoms with E-state index in [0.717, 1.165) is 0 Å². The summed E-state index contributed by atoms with van der Waals surface area (Å²) in [7, 11) is 0. The van der Waals surface area contributed by atoms with Gasteiger partial charge in [-0.3, -0.25) is 14.9 Å². The first-order chi connectivity index (χ1) is 11.9. The number of nitrogens with zero attached hydrogens (tertiary/aromatic N) is 1. The van der Waals surface area contributed by atoms with E-state index in [-0.39, 0.29) is 11.4 Å². The lowest BCUT2D eigenvalue weighted by molar-refractivity contribution is -0.384. The van der Waals surface area contributed by atoms with Gasteiger partial charge >= 0.3 is 0 Å². The summed E-state index contributed by atoms with van der Waals surface area (Å²) in [5.41, 5.74) is 0.505. The Morgan fingerprint density at radius 3 is 2.64 bits per heavy atom. The number of hydrogen-bond acceptors (Lipinski definition) is 4. The quantitative estimate of drug-likeness (QED) is 0.436.